The van der Waals surface area contributed by atoms with Crippen LogP contribution in [0.1, 0.15) is 24.8 Å². The normalized spacial score (nSPS) is 19.2. The predicted octanol–water partition coefficient (Wildman–Crippen LogP) is 2.47. The van der Waals surface area contributed by atoms with Crippen molar-refractivity contribution in [2.75, 3.05) is 46.5 Å². The van der Waals surface area contributed by atoms with Gasteiger partial charge in [-0.2, -0.15) is 0 Å². The zero-order valence-electron chi connectivity index (χ0n) is 18.1. The number of rotatable bonds is 8. The van der Waals surface area contributed by atoms with E-state index in [0.717, 1.165) is 16.3 Å². The Labute approximate surface area is 183 Å². The molecule has 0 atom stereocenters. The van der Waals surface area contributed by atoms with Crippen molar-refractivity contribution in [2.24, 2.45) is 0 Å². The van der Waals surface area contributed by atoms with Crippen molar-refractivity contribution in [2.45, 2.75) is 31.3 Å². The number of carbonyl (C=O) groups is 2. The van der Waals surface area contributed by atoms with E-state index in [9.17, 15) is 14.7 Å². The molecule has 0 aliphatic carbocycles. The SMILES string of the molecule is COCCCN1C(=O)N(Cc2ccc3ccccc3c2)C(=O)C12CCN(CCO)CC2. The van der Waals surface area contributed by atoms with Gasteiger partial charge in [0.05, 0.1) is 13.2 Å². The Morgan fingerprint density at radius 2 is 1.77 bits per heavy atom. The number of likely N-dealkylation sites (tertiary alicyclic amines) is 1. The molecule has 0 bridgehead atoms. The second-order valence-electron chi connectivity index (χ2n) is 8.45. The van der Waals surface area contributed by atoms with Gasteiger partial charge in [-0.05, 0) is 41.7 Å². The van der Waals surface area contributed by atoms with Gasteiger partial charge in [-0.25, -0.2) is 4.79 Å². The van der Waals surface area contributed by atoms with Crippen LogP contribution in [0.25, 0.3) is 10.8 Å². The Morgan fingerprint density at radius 1 is 1.03 bits per heavy atom. The third-order valence-electron chi connectivity index (χ3n) is 6.61. The number of aliphatic hydroxyl groups excluding tert-OH is 1. The van der Waals surface area contributed by atoms with Crippen LogP contribution in [0.2, 0.25) is 0 Å². The molecule has 1 spiro atoms. The number of carbonyl (C=O) groups excluding carboxylic acids is 2. The summed E-state index contributed by atoms with van der Waals surface area (Å²) in [6, 6.07) is 14.0. The number of methoxy groups -OCH3 is 1. The standard InChI is InChI=1S/C24H31N3O4/c1-31-16-4-11-27-23(30)26(18-19-7-8-20-5-2-3-6-21(20)17-19)22(29)24(27)9-12-25(13-10-24)14-15-28/h2-3,5-8,17,28H,4,9-16,18H2,1H3. The van der Waals surface area contributed by atoms with Crippen molar-refractivity contribution in [1.82, 2.24) is 14.7 Å². The third-order valence-corrected chi connectivity index (χ3v) is 6.61. The van der Waals surface area contributed by atoms with E-state index in [1.165, 1.54) is 4.90 Å². The molecule has 7 nitrogen and oxygen atoms in total. The second-order valence-corrected chi connectivity index (χ2v) is 8.45. The predicted molar refractivity (Wildman–Crippen MR) is 119 cm³/mol. The zero-order valence-corrected chi connectivity index (χ0v) is 18.1. The molecule has 0 radical (unpaired) electrons. The number of amides is 3. The first-order valence-electron chi connectivity index (χ1n) is 11.0. The molecule has 2 heterocycles. The third kappa shape index (κ3) is 4.18. The Hall–Kier alpha value is -2.48. The Balaban J connectivity index is 1.57. The number of nitrogens with zero attached hydrogens (tertiary/aromatic N) is 3. The number of aliphatic hydroxyl groups is 1. The maximum Gasteiger partial charge on any atom is 0.327 e. The van der Waals surface area contributed by atoms with E-state index in [0.29, 0.717) is 52.0 Å². The van der Waals surface area contributed by atoms with Crippen LogP contribution in [0, 0.1) is 0 Å². The Morgan fingerprint density at radius 3 is 2.48 bits per heavy atom. The molecule has 0 saturated carbocycles. The van der Waals surface area contributed by atoms with Crippen molar-refractivity contribution in [3.05, 3.63) is 48.0 Å². The quantitative estimate of drug-likeness (QED) is 0.520. The van der Waals surface area contributed by atoms with Crippen molar-refractivity contribution in [3.63, 3.8) is 0 Å². The van der Waals surface area contributed by atoms with Gasteiger partial charge in [0.2, 0.25) is 0 Å². The molecule has 7 heteroatoms. The zero-order chi connectivity index (χ0) is 21.8. The van der Waals surface area contributed by atoms with Crippen LogP contribution in [-0.2, 0) is 16.1 Å². The van der Waals surface area contributed by atoms with Crippen LogP contribution >= 0.6 is 0 Å². The van der Waals surface area contributed by atoms with Crippen molar-refractivity contribution < 1.29 is 19.4 Å². The summed E-state index contributed by atoms with van der Waals surface area (Å²) in [4.78, 5) is 32.4. The molecule has 3 amide bonds. The van der Waals surface area contributed by atoms with Gasteiger partial charge in [-0.3, -0.25) is 9.69 Å². The highest BCUT2D eigenvalue weighted by Crippen LogP contribution is 2.38. The first-order chi connectivity index (χ1) is 15.1. The fourth-order valence-corrected chi connectivity index (χ4v) is 4.89. The molecule has 1 N–H and O–H groups in total. The first-order valence-corrected chi connectivity index (χ1v) is 11.0. The topological polar surface area (TPSA) is 73.3 Å². The van der Waals surface area contributed by atoms with Crippen molar-refractivity contribution >= 4 is 22.7 Å². The van der Waals surface area contributed by atoms with Gasteiger partial charge in [-0.15, -0.1) is 0 Å². The highest BCUT2D eigenvalue weighted by molar-refractivity contribution is 6.07. The van der Waals surface area contributed by atoms with Gasteiger partial charge in [-0.1, -0.05) is 36.4 Å². The van der Waals surface area contributed by atoms with Gasteiger partial charge < -0.3 is 19.6 Å². The number of imide groups is 1. The van der Waals surface area contributed by atoms with Crippen LogP contribution in [0.3, 0.4) is 0 Å². The fraction of sp³-hybridized carbons (Fsp3) is 0.500. The fourth-order valence-electron chi connectivity index (χ4n) is 4.89. The molecule has 0 aromatic heterocycles. The molecule has 2 aromatic rings. The molecular weight excluding hydrogens is 394 g/mol. The number of piperidine rings is 1. The average Bonchev–Trinajstić information content (AvgIpc) is 2.97. The number of β-amino-alcohol motifs (C(OH)–C–C–N with tert-alkyl or cyclic N) is 1. The number of fused-ring (bicyclic) bond motifs is 1. The molecule has 31 heavy (non-hydrogen) atoms. The Kier molecular flexibility index (Phi) is 6.55. The van der Waals surface area contributed by atoms with E-state index in [1.807, 2.05) is 30.3 Å². The maximum atomic E-state index is 13.6. The molecule has 2 saturated heterocycles. The van der Waals surface area contributed by atoms with Crippen LogP contribution < -0.4 is 0 Å². The summed E-state index contributed by atoms with van der Waals surface area (Å²) in [6.45, 7) is 3.44. The molecule has 2 aliphatic rings. The molecule has 0 unspecified atom stereocenters. The summed E-state index contributed by atoms with van der Waals surface area (Å²) in [5.74, 6) is -0.0910. The lowest BCUT2D eigenvalue weighted by molar-refractivity contribution is -0.136. The summed E-state index contributed by atoms with van der Waals surface area (Å²) in [5.41, 5.74) is 0.167. The minimum Gasteiger partial charge on any atom is -0.395 e. The van der Waals surface area contributed by atoms with Crippen molar-refractivity contribution in [1.29, 1.82) is 0 Å². The van der Waals surface area contributed by atoms with Gasteiger partial charge in [0.1, 0.15) is 5.54 Å². The molecule has 2 aromatic carbocycles. The molecular formula is C24H31N3O4. The molecule has 2 fully saturated rings. The van der Waals surface area contributed by atoms with E-state index in [-0.39, 0.29) is 25.1 Å². The second kappa shape index (κ2) is 9.34. The lowest BCUT2D eigenvalue weighted by atomic mass is 9.85. The largest absolute Gasteiger partial charge is 0.395 e. The number of benzene rings is 2. The summed E-state index contributed by atoms with van der Waals surface area (Å²) in [5, 5.41) is 11.5. The lowest BCUT2D eigenvalue weighted by Gasteiger charge is -2.42. The van der Waals surface area contributed by atoms with Gasteiger partial charge in [0.25, 0.3) is 5.91 Å². The minimum absolute atomic E-state index is 0.0910. The Bertz CT molecular complexity index is 939. The summed E-state index contributed by atoms with van der Waals surface area (Å²) in [7, 11) is 1.64. The van der Waals surface area contributed by atoms with E-state index in [4.69, 9.17) is 4.74 Å². The number of ether oxygens (including phenoxy) is 1. The van der Waals surface area contributed by atoms with E-state index < -0.39 is 5.54 Å². The van der Waals surface area contributed by atoms with Crippen molar-refractivity contribution in [3.8, 4) is 0 Å². The van der Waals surface area contributed by atoms with Crippen LogP contribution in [0.15, 0.2) is 42.5 Å². The van der Waals surface area contributed by atoms with E-state index in [1.54, 1.807) is 12.0 Å². The van der Waals surface area contributed by atoms with E-state index >= 15 is 0 Å². The number of urea groups is 1. The summed E-state index contributed by atoms with van der Waals surface area (Å²) < 4.78 is 5.18. The summed E-state index contributed by atoms with van der Waals surface area (Å²) >= 11 is 0. The van der Waals surface area contributed by atoms with E-state index in [2.05, 4.69) is 17.0 Å². The van der Waals surface area contributed by atoms with Crippen LogP contribution in [0.4, 0.5) is 4.79 Å². The summed E-state index contributed by atoms with van der Waals surface area (Å²) in [6.07, 6.45) is 1.89. The van der Waals surface area contributed by atoms with Crippen LogP contribution in [-0.4, -0.2) is 83.8 Å². The highest BCUT2D eigenvalue weighted by Gasteiger charge is 2.57. The van der Waals surface area contributed by atoms with Gasteiger partial charge in [0.15, 0.2) is 0 Å². The number of hydrogen-bond acceptors (Lipinski definition) is 5. The monoisotopic (exact) mass is 425 g/mol. The van der Waals surface area contributed by atoms with Gasteiger partial charge >= 0.3 is 6.03 Å². The molecule has 2 aliphatic heterocycles. The van der Waals surface area contributed by atoms with Crippen LogP contribution in [0.5, 0.6) is 0 Å². The average molecular weight is 426 g/mol. The number of hydrogen-bond donors (Lipinski definition) is 1. The molecule has 4 rings (SSSR count). The first kappa shape index (κ1) is 21.7. The van der Waals surface area contributed by atoms with Gasteiger partial charge in [0, 0.05) is 39.9 Å². The smallest absolute Gasteiger partial charge is 0.327 e. The highest BCUT2D eigenvalue weighted by atomic mass is 16.5. The lowest BCUT2D eigenvalue weighted by Crippen LogP contribution is -2.57. The minimum atomic E-state index is -0.784. The maximum absolute atomic E-state index is 13.6. The molecule has 166 valence electrons.